The molecule has 1 aliphatic carbocycles. The van der Waals surface area contributed by atoms with E-state index in [1.807, 2.05) is 0 Å². The summed E-state index contributed by atoms with van der Waals surface area (Å²) < 4.78 is 2.23. The zero-order chi connectivity index (χ0) is 14.7. The molecule has 2 aromatic heterocycles. The normalized spacial score (nSPS) is 15.9. The molecule has 3 rings (SSSR count). The molecule has 21 heavy (non-hydrogen) atoms. The highest BCUT2D eigenvalue weighted by Crippen LogP contribution is 2.30. The molecule has 4 heteroatoms. The Bertz CT molecular complexity index is 583. The van der Waals surface area contributed by atoms with Gasteiger partial charge in [-0.3, -0.25) is 0 Å². The van der Waals surface area contributed by atoms with Gasteiger partial charge in [-0.15, -0.1) is 0 Å². The topological polar surface area (TPSA) is 32.6 Å². The third kappa shape index (κ3) is 2.77. The molecule has 4 nitrogen and oxygen atoms in total. The van der Waals surface area contributed by atoms with E-state index in [1.165, 1.54) is 37.2 Å². The molecule has 114 valence electrons. The first-order valence-corrected chi connectivity index (χ1v) is 8.28. The highest BCUT2D eigenvalue weighted by Gasteiger charge is 2.26. The van der Waals surface area contributed by atoms with Crippen LogP contribution in [0.2, 0.25) is 0 Å². The molecule has 0 saturated heterocycles. The Morgan fingerprint density at radius 3 is 2.81 bits per heavy atom. The van der Waals surface area contributed by atoms with Crippen LogP contribution in [0.4, 0.5) is 5.82 Å². The molecule has 1 saturated carbocycles. The summed E-state index contributed by atoms with van der Waals surface area (Å²) in [5.41, 5.74) is 2.35. The van der Waals surface area contributed by atoms with Gasteiger partial charge in [0.1, 0.15) is 5.65 Å². The molecule has 0 aliphatic heterocycles. The first-order chi connectivity index (χ1) is 10.3. The number of rotatable bonds is 6. The summed E-state index contributed by atoms with van der Waals surface area (Å²) in [6, 6.07) is 6.91. The highest BCUT2D eigenvalue weighted by atomic mass is 15.3. The fourth-order valence-electron chi connectivity index (χ4n) is 3.47. The summed E-state index contributed by atoms with van der Waals surface area (Å²) in [6.45, 7) is 7.29. The van der Waals surface area contributed by atoms with Crippen molar-refractivity contribution >= 4 is 11.5 Å². The lowest BCUT2D eigenvalue weighted by Gasteiger charge is -2.28. The van der Waals surface area contributed by atoms with E-state index in [9.17, 15) is 0 Å². The number of anilines is 1. The second-order valence-corrected chi connectivity index (χ2v) is 5.82. The lowest BCUT2D eigenvalue weighted by molar-refractivity contribution is 0.607. The fraction of sp³-hybridized carbons (Fsp3) is 0.588. The van der Waals surface area contributed by atoms with Crippen molar-refractivity contribution in [1.29, 1.82) is 0 Å². The van der Waals surface area contributed by atoms with Gasteiger partial charge in [0, 0.05) is 25.3 Å². The van der Waals surface area contributed by atoms with Crippen LogP contribution in [0.15, 0.2) is 24.4 Å². The fourth-order valence-corrected chi connectivity index (χ4v) is 3.47. The van der Waals surface area contributed by atoms with Gasteiger partial charge in [0.05, 0.1) is 5.69 Å². The van der Waals surface area contributed by atoms with E-state index in [4.69, 9.17) is 4.98 Å². The van der Waals surface area contributed by atoms with Gasteiger partial charge < -0.3 is 14.6 Å². The molecule has 1 fully saturated rings. The number of aromatic nitrogens is 2. The maximum absolute atomic E-state index is 4.93. The molecular weight excluding hydrogens is 260 g/mol. The quantitative estimate of drug-likeness (QED) is 0.885. The largest absolute Gasteiger partial charge is 0.352 e. The Morgan fingerprint density at radius 1 is 1.29 bits per heavy atom. The minimum absolute atomic E-state index is 0.667. The van der Waals surface area contributed by atoms with Gasteiger partial charge in [-0.1, -0.05) is 25.8 Å². The van der Waals surface area contributed by atoms with E-state index < -0.39 is 0 Å². The molecule has 0 bridgehead atoms. The van der Waals surface area contributed by atoms with Gasteiger partial charge in [-0.2, -0.15) is 0 Å². The number of pyridine rings is 1. The van der Waals surface area contributed by atoms with E-state index in [2.05, 4.69) is 52.9 Å². The lowest BCUT2D eigenvalue weighted by Crippen LogP contribution is -2.34. The van der Waals surface area contributed by atoms with Crippen LogP contribution in [-0.4, -0.2) is 28.5 Å². The summed E-state index contributed by atoms with van der Waals surface area (Å²) in [5, 5.41) is 3.47. The number of nitrogens with zero attached hydrogens (tertiary/aromatic N) is 3. The smallest absolute Gasteiger partial charge is 0.152 e. The van der Waals surface area contributed by atoms with Gasteiger partial charge in [0.2, 0.25) is 0 Å². The van der Waals surface area contributed by atoms with Crippen LogP contribution in [0.25, 0.3) is 5.65 Å². The van der Waals surface area contributed by atoms with Crippen LogP contribution in [0.5, 0.6) is 0 Å². The van der Waals surface area contributed by atoms with E-state index in [0.717, 1.165) is 25.3 Å². The van der Waals surface area contributed by atoms with Gasteiger partial charge in [-0.05, 0) is 38.4 Å². The van der Waals surface area contributed by atoms with Crippen LogP contribution in [0.1, 0.15) is 45.2 Å². The summed E-state index contributed by atoms with van der Waals surface area (Å²) in [6.07, 6.45) is 7.46. The third-order valence-corrected chi connectivity index (χ3v) is 4.53. The molecule has 2 heterocycles. The molecule has 0 spiro atoms. The Morgan fingerprint density at radius 2 is 2.10 bits per heavy atom. The van der Waals surface area contributed by atoms with Crippen molar-refractivity contribution in [3.8, 4) is 0 Å². The van der Waals surface area contributed by atoms with Crippen LogP contribution >= 0.6 is 0 Å². The SMILES string of the molecule is CCNCc1c(N(CC)C2CCCC2)nc2ccccn12. The first kappa shape index (κ1) is 14.4. The maximum Gasteiger partial charge on any atom is 0.152 e. The molecule has 1 aliphatic rings. The average molecular weight is 286 g/mol. The summed E-state index contributed by atoms with van der Waals surface area (Å²) in [4.78, 5) is 7.45. The van der Waals surface area contributed by atoms with Crippen molar-refractivity contribution < 1.29 is 0 Å². The third-order valence-electron chi connectivity index (χ3n) is 4.53. The summed E-state index contributed by atoms with van der Waals surface area (Å²) in [5.74, 6) is 1.18. The van der Waals surface area contributed by atoms with Crippen molar-refractivity contribution in [2.75, 3.05) is 18.0 Å². The molecule has 0 amide bonds. The monoisotopic (exact) mass is 286 g/mol. The van der Waals surface area contributed by atoms with Crippen molar-refractivity contribution in [3.05, 3.63) is 30.1 Å². The van der Waals surface area contributed by atoms with Crippen LogP contribution in [-0.2, 0) is 6.54 Å². The summed E-state index contributed by atoms with van der Waals surface area (Å²) in [7, 11) is 0. The van der Waals surface area contributed by atoms with E-state index in [1.54, 1.807) is 0 Å². The average Bonchev–Trinajstić information content (AvgIpc) is 3.14. The number of imidazole rings is 1. The molecule has 0 radical (unpaired) electrons. The Kier molecular flexibility index (Phi) is 4.44. The standard InChI is InChI=1S/C17H26N4/c1-3-18-13-15-17(19-16-11-7-8-12-21(15)16)20(4-2)14-9-5-6-10-14/h7-8,11-12,14,18H,3-6,9-10,13H2,1-2H3. The molecule has 0 unspecified atom stereocenters. The van der Waals surface area contributed by atoms with Gasteiger partial charge in [-0.25, -0.2) is 4.98 Å². The highest BCUT2D eigenvalue weighted by molar-refractivity contribution is 5.56. The minimum Gasteiger partial charge on any atom is -0.352 e. The first-order valence-electron chi connectivity index (χ1n) is 8.28. The summed E-state index contributed by atoms with van der Waals surface area (Å²) >= 11 is 0. The van der Waals surface area contributed by atoms with Crippen LogP contribution in [0, 0.1) is 0 Å². The van der Waals surface area contributed by atoms with Crippen molar-refractivity contribution in [2.45, 2.75) is 52.1 Å². The zero-order valence-electron chi connectivity index (χ0n) is 13.2. The van der Waals surface area contributed by atoms with Gasteiger partial charge >= 0.3 is 0 Å². The van der Waals surface area contributed by atoms with E-state index >= 15 is 0 Å². The van der Waals surface area contributed by atoms with Crippen molar-refractivity contribution in [3.63, 3.8) is 0 Å². The second-order valence-electron chi connectivity index (χ2n) is 5.82. The molecule has 0 aromatic carbocycles. The Hall–Kier alpha value is -1.55. The number of nitrogens with one attached hydrogen (secondary N) is 1. The lowest BCUT2D eigenvalue weighted by atomic mass is 10.2. The number of fused-ring (bicyclic) bond motifs is 1. The van der Waals surface area contributed by atoms with Gasteiger partial charge in [0.25, 0.3) is 0 Å². The van der Waals surface area contributed by atoms with Crippen LogP contribution < -0.4 is 10.2 Å². The molecular formula is C17H26N4. The van der Waals surface area contributed by atoms with E-state index in [0.29, 0.717) is 6.04 Å². The molecule has 0 atom stereocenters. The minimum atomic E-state index is 0.667. The van der Waals surface area contributed by atoms with Crippen molar-refractivity contribution in [2.24, 2.45) is 0 Å². The second kappa shape index (κ2) is 6.48. The Balaban J connectivity index is 2.02. The van der Waals surface area contributed by atoms with Gasteiger partial charge in [0.15, 0.2) is 5.82 Å². The zero-order valence-corrected chi connectivity index (χ0v) is 13.2. The number of hydrogen-bond donors (Lipinski definition) is 1. The Labute approximate surface area is 127 Å². The van der Waals surface area contributed by atoms with Crippen molar-refractivity contribution in [1.82, 2.24) is 14.7 Å². The van der Waals surface area contributed by atoms with Crippen LogP contribution in [0.3, 0.4) is 0 Å². The predicted molar refractivity (Wildman–Crippen MR) is 87.8 cm³/mol. The van der Waals surface area contributed by atoms with E-state index in [-0.39, 0.29) is 0 Å². The number of hydrogen-bond acceptors (Lipinski definition) is 3. The maximum atomic E-state index is 4.93. The molecule has 2 aromatic rings. The predicted octanol–water partition coefficient (Wildman–Crippen LogP) is 3.21. The molecule has 1 N–H and O–H groups in total.